The van der Waals surface area contributed by atoms with Crippen LogP contribution in [0.1, 0.15) is 27.7 Å². The van der Waals surface area contributed by atoms with Crippen molar-refractivity contribution in [3.05, 3.63) is 83.5 Å². The van der Waals surface area contributed by atoms with E-state index in [1.165, 1.54) is 0 Å². The number of hydrogen-bond acceptors (Lipinski definition) is 8. The monoisotopic (exact) mass is 528 g/mol. The van der Waals surface area contributed by atoms with Gasteiger partial charge in [0.15, 0.2) is 11.6 Å². The summed E-state index contributed by atoms with van der Waals surface area (Å²) in [7, 11) is -11.5. The average molecular weight is 529 g/mol. The number of rotatable bonds is 6. The van der Waals surface area contributed by atoms with Gasteiger partial charge in [-0.2, -0.15) is 16.8 Å². The number of allylic oxidation sites excluding steroid dienone is 3. The van der Waals surface area contributed by atoms with Crippen molar-refractivity contribution in [2.24, 2.45) is 0 Å². The van der Waals surface area contributed by atoms with Gasteiger partial charge >= 0.3 is 0 Å². The fourth-order valence-electron chi connectivity index (χ4n) is 4.11. The number of Topliss-reactive ketones (excluding diaryl/α,β-unsaturated/α-hetero) is 2. The maximum Gasteiger partial charge on any atom is 0.292 e. The molecule has 36 heavy (non-hydrogen) atoms. The van der Waals surface area contributed by atoms with Crippen molar-refractivity contribution in [2.75, 3.05) is 0 Å². The number of nitrogens with zero attached hydrogens (tertiary/aromatic N) is 2. The van der Waals surface area contributed by atoms with Crippen LogP contribution in [0.15, 0.2) is 71.8 Å². The van der Waals surface area contributed by atoms with E-state index in [2.05, 4.69) is 19.9 Å². The molecule has 14 heteroatoms. The fraction of sp³-hybridized carbons (Fsp3) is 0.0909. The smallest absolute Gasteiger partial charge is 0.292 e. The Hall–Kier alpha value is -3.98. The van der Waals surface area contributed by atoms with Crippen LogP contribution in [0.5, 0.6) is 0 Å². The van der Waals surface area contributed by atoms with E-state index in [9.17, 15) is 35.5 Å². The number of H-pyrrole nitrogens is 2. The van der Waals surface area contributed by atoms with Gasteiger partial charge in [0.2, 0.25) is 11.6 Å². The highest BCUT2D eigenvalue weighted by Gasteiger charge is 2.61. The van der Waals surface area contributed by atoms with E-state index < -0.39 is 59.3 Å². The Labute approximate surface area is 203 Å². The molecule has 0 saturated carbocycles. The molecule has 4 aromatic rings. The summed E-state index contributed by atoms with van der Waals surface area (Å²) in [5.41, 5.74) is 0.197. The minimum atomic E-state index is -5.74. The predicted octanol–water partition coefficient (Wildman–Crippen LogP) is 2.23. The molecule has 2 aromatic carbocycles. The molecule has 0 aliphatic heterocycles. The van der Waals surface area contributed by atoms with Gasteiger partial charge < -0.3 is 9.97 Å². The largest absolute Gasteiger partial charge is 0.335 e. The maximum atomic E-state index is 13.3. The predicted molar refractivity (Wildman–Crippen MR) is 127 cm³/mol. The summed E-state index contributed by atoms with van der Waals surface area (Å²) in [6.07, 6.45) is 0.550. The molecule has 0 radical (unpaired) electrons. The molecule has 0 unspecified atom stereocenters. The summed E-state index contributed by atoms with van der Waals surface area (Å²) in [4.78, 5) is 40.0. The van der Waals surface area contributed by atoms with E-state index >= 15 is 0 Å². The lowest BCUT2D eigenvalue weighted by atomic mass is 9.91. The summed E-state index contributed by atoms with van der Waals surface area (Å²) >= 11 is 0. The maximum absolute atomic E-state index is 13.3. The zero-order chi connectivity index (χ0) is 25.9. The highest BCUT2D eigenvalue weighted by Crippen LogP contribution is 2.42. The Morgan fingerprint density at radius 3 is 1.69 bits per heavy atom. The number of carbonyl (C=O) groups excluding carboxylic acids is 2. The number of ketones is 2. The van der Waals surface area contributed by atoms with Crippen LogP contribution in [0.4, 0.5) is 0 Å². The van der Waals surface area contributed by atoms with Crippen molar-refractivity contribution in [3.8, 4) is 0 Å². The molecule has 184 valence electrons. The highest BCUT2D eigenvalue weighted by molar-refractivity contribution is 8.05. The summed E-state index contributed by atoms with van der Waals surface area (Å²) in [5, 5.41) is 0. The van der Waals surface area contributed by atoms with Gasteiger partial charge in [-0.05, 0) is 24.3 Å². The zero-order valence-electron chi connectivity index (χ0n) is 18.0. The standard InChI is InChI=1S/C22H16N4O8S2/c27-18(20-23-14-5-1-2-6-15(14)24-20)12-9-10-13(22(11-12,35(29,30)31)36(32,33)34)19(28)21-25-16-7-3-4-8-17(16)26-21/h1-10H,11H2,(H,23,24)(H,25,26)(H,29,30,31)(H,32,33,34). The van der Waals surface area contributed by atoms with Crippen molar-refractivity contribution in [1.82, 2.24) is 19.9 Å². The molecular formula is C22H16N4O8S2. The molecule has 2 aromatic heterocycles. The van der Waals surface area contributed by atoms with Crippen molar-refractivity contribution < 1.29 is 35.5 Å². The molecule has 0 saturated heterocycles. The molecular weight excluding hydrogens is 512 g/mol. The third-order valence-electron chi connectivity index (χ3n) is 5.86. The first kappa shape index (κ1) is 23.7. The van der Waals surface area contributed by atoms with Crippen LogP contribution >= 0.6 is 0 Å². The second kappa shape index (κ2) is 8.03. The Balaban J connectivity index is 1.68. The van der Waals surface area contributed by atoms with Crippen molar-refractivity contribution in [1.29, 1.82) is 0 Å². The number of hydrogen-bond donors (Lipinski definition) is 4. The summed E-state index contributed by atoms with van der Waals surface area (Å²) < 4.78 is 66.7. The van der Waals surface area contributed by atoms with E-state index in [1.807, 2.05) is 0 Å². The quantitative estimate of drug-likeness (QED) is 0.212. The molecule has 0 atom stereocenters. The van der Waals surface area contributed by atoms with Crippen molar-refractivity contribution in [2.45, 2.75) is 10.5 Å². The number of nitrogens with one attached hydrogen (secondary N) is 2. The Bertz CT molecular complexity index is 1770. The van der Waals surface area contributed by atoms with Crippen LogP contribution < -0.4 is 0 Å². The molecule has 0 amide bonds. The Kier molecular flexibility index (Phi) is 5.29. The average Bonchev–Trinajstić information content (AvgIpc) is 3.45. The van der Waals surface area contributed by atoms with Gasteiger partial charge in [-0.3, -0.25) is 18.7 Å². The van der Waals surface area contributed by atoms with Crippen LogP contribution in [0.25, 0.3) is 22.1 Å². The van der Waals surface area contributed by atoms with Crippen LogP contribution in [0, 0.1) is 0 Å². The lowest BCUT2D eigenvalue weighted by Gasteiger charge is -2.31. The van der Waals surface area contributed by atoms with Gasteiger partial charge in [-0.15, -0.1) is 0 Å². The van der Waals surface area contributed by atoms with E-state index in [0.29, 0.717) is 22.1 Å². The minimum absolute atomic E-state index is 0.234. The molecule has 2 heterocycles. The van der Waals surface area contributed by atoms with Gasteiger partial charge in [-0.25, -0.2) is 9.97 Å². The number of imidazole rings is 2. The minimum Gasteiger partial charge on any atom is -0.335 e. The van der Waals surface area contributed by atoms with Crippen molar-refractivity contribution >= 4 is 53.9 Å². The van der Waals surface area contributed by atoms with Gasteiger partial charge in [0.1, 0.15) is 0 Å². The van der Waals surface area contributed by atoms with Gasteiger partial charge in [0.05, 0.1) is 22.1 Å². The molecule has 1 aliphatic rings. The first-order valence-electron chi connectivity index (χ1n) is 10.3. The van der Waals surface area contributed by atoms with E-state index in [1.54, 1.807) is 48.5 Å². The molecule has 0 bridgehead atoms. The van der Waals surface area contributed by atoms with Crippen LogP contribution in [0.3, 0.4) is 0 Å². The second-order valence-electron chi connectivity index (χ2n) is 8.02. The lowest BCUT2D eigenvalue weighted by Crippen LogP contribution is -2.51. The SMILES string of the molecule is O=C(C1=CC=C(C(=O)c2nc3ccccc3[nH]2)C(S(=O)(=O)O)(S(=O)(=O)O)C1)c1nc2ccccc2[nH]1. The first-order chi connectivity index (χ1) is 16.9. The lowest BCUT2D eigenvalue weighted by molar-refractivity contribution is 0.0998. The number of fused-ring (bicyclic) bond motifs is 2. The summed E-state index contributed by atoms with van der Waals surface area (Å²) in [6, 6.07) is 13.0. The number of para-hydroxylation sites is 4. The third-order valence-corrected chi connectivity index (χ3v) is 9.52. The topological polar surface area (TPSA) is 200 Å². The molecule has 0 fully saturated rings. The van der Waals surface area contributed by atoms with Gasteiger partial charge in [-0.1, -0.05) is 36.4 Å². The number of aromatic amines is 2. The van der Waals surface area contributed by atoms with Crippen LogP contribution in [-0.2, 0) is 20.2 Å². The number of carbonyl (C=O) groups is 2. The third kappa shape index (κ3) is 3.58. The summed E-state index contributed by atoms with van der Waals surface area (Å²) in [5.74, 6) is -2.77. The number of benzene rings is 2. The van der Waals surface area contributed by atoms with Crippen molar-refractivity contribution in [3.63, 3.8) is 0 Å². The van der Waals surface area contributed by atoms with Gasteiger partial charge in [0, 0.05) is 17.6 Å². The zero-order valence-corrected chi connectivity index (χ0v) is 19.7. The molecule has 12 nitrogen and oxygen atoms in total. The van der Waals surface area contributed by atoms with E-state index in [4.69, 9.17) is 0 Å². The first-order valence-corrected chi connectivity index (χ1v) is 13.1. The summed E-state index contributed by atoms with van der Waals surface area (Å²) in [6.45, 7) is 0. The normalized spacial score (nSPS) is 16.1. The molecule has 0 spiro atoms. The van der Waals surface area contributed by atoms with Gasteiger partial charge in [0.25, 0.3) is 24.3 Å². The second-order valence-corrected chi connectivity index (χ2v) is 11.6. The highest BCUT2D eigenvalue weighted by atomic mass is 32.3. The van der Waals surface area contributed by atoms with E-state index in [0.717, 1.165) is 12.2 Å². The van der Waals surface area contributed by atoms with E-state index in [-0.39, 0.29) is 5.82 Å². The Morgan fingerprint density at radius 2 is 1.22 bits per heavy atom. The molecule has 4 N–H and O–H groups in total. The fourth-order valence-corrected chi connectivity index (χ4v) is 6.73. The molecule has 5 rings (SSSR count). The number of aromatic nitrogens is 4. The molecule has 1 aliphatic carbocycles. The Morgan fingerprint density at radius 1 is 0.750 bits per heavy atom. The van der Waals surface area contributed by atoms with Crippen LogP contribution in [0.2, 0.25) is 0 Å². The van der Waals surface area contributed by atoms with Crippen LogP contribution in [-0.4, -0.2) is 61.5 Å².